The lowest BCUT2D eigenvalue weighted by Crippen LogP contribution is -2.24. The first kappa shape index (κ1) is 12.1. The van der Waals surface area contributed by atoms with Gasteiger partial charge in [-0.25, -0.2) is 0 Å². The van der Waals surface area contributed by atoms with Crippen molar-refractivity contribution in [3.05, 3.63) is 35.9 Å². The SMILES string of the molecule is C=C(C)CNC(=O)c1ccc(N)c(OC)c1. The van der Waals surface area contributed by atoms with Gasteiger partial charge in [0.1, 0.15) is 5.75 Å². The van der Waals surface area contributed by atoms with Crippen LogP contribution in [0.5, 0.6) is 5.75 Å². The van der Waals surface area contributed by atoms with E-state index >= 15 is 0 Å². The molecule has 1 amide bonds. The molecule has 0 aliphatic carbocycles. The molecule has 4 nitrogen and oxygen atoms in total. The molecule has 0 atom stereocenters. The monoisotopic (exact) mass is 220 g/mol. The molecular formula is C12H16N2O2. The Kier molecular flexibility index (Phi) is 3.94. The minimum absolute atomic E-state index is 0.165. The van der Waals surface area contributed by atoms with Crippen LogP contribution >= 0.6 is 0 Å². The summed E-state index contributed by atoms with van der Waals surface area (Å²) in [6.45, 7) is 6.02. The van der Waals surface area contributed by atoms with E-state index < -0.39 is 0 Å². The third-order valence-corrected chi connectivity index (χ3v) is 2.05. The Hall–Kier alpha value is -1.97. The second kappa shape index (κ2) is 5.21. The van der Waals surface area contributed by atoms with Gasteiger partial charge in [-0.05, 0) is 25.1 Å². The molecule has 4 heteroatoms. The van der Waals surface area contributed by atoms with E-state index in [-0.39, 0.29) is 5.91 Å². The molecule has 1 aromatic rings. The van der Waals surface area contributed by atoms with Gasteiger partial charge in [0.15, 0.2) is 0 Å². The van der Waals surface area contributed by atoms with Gasteiger partial charge in [0.05, 0.1) is 12.8 Å². The van der Waals surface area contributed by atoms with Gasteiger partial charge in [0, 0.05) is 12.1 Å². The van der Waals surface area contributed by atoms with Crippen LogP contribution in [0.1, 0.15) is 17.3 Å². The summed E-state index contributed by atoms with van der Waals surface area (Å²) >= 11 is 0. The smallest absolute Gasteiger partial charge is 0.251 e. The highest BCUT2D eigenvalue weighted by molar-refractivity contribution is 5.95. The van der Waals surface area contributed by atoms with E-state index in [1.807, 2.05) is 6.92 Å². The van der Waals surface area contributed by atoms with E-state index in [0.29, 0.717) is 23.5 Å². The molecule has 3 N–H and O–H groups in total. The van der Waals surface area contributed by atoms with Crippen LogP contribution in [0.2, 0.25) is 0 Å². The predicted molar refractivity (Wildman–Crippen MR) is 64.6 cm³/mol. The summed E-state index contributed by atoms with van der Waals surface area (Å²) in [5, 5.41) is 2.73. The number of hydrogen-bond donors (Lipinski definition) is 2. The molecular weight excluding hydrogens is 204 g/mol. The van der Waals surface area contributed by atoms with Crippen LogP contribution in [0, 0.1) is 0 Å². The second-order valence-electron chi connectivity index (χ2n) is 3.60. The van der Waals surface area contributed by atoms with Gasteiger partial charge in [0.25, 0.3) is 5.91 Å². The van der Waals surface area contributed by atoms with Crippen molar-refractivity contribution < 1.29 is 9.53 Å². The molecule has 0 bridgehead atoms. The average Bonchev–Trinajstić information content (AvgIpc) is 2.26. The van der Waals surface area contributed by atoms with Gasteiger partial charge in [-0.1, -0.05) is 12.2 Å². The Balaban J connectivity index is 2.80. The predicted octanol–water partition coefficient (Wildman–Crippen LogP) is 1.58. The third kappa shape index (κ3) is 3.02. The van der Waals surface area contributed by atoms with Crippen LogP contribution in [-0.2, 0) is 0 Å². The van der Waals surface area contributed by atoms with Crippen molar-refractivity contribution in [2.24, 2.45) is 0 Å². The topological polar surface area (TPSA) is 64.4 Å². The summed E-state index contributed by atoms with van der Waals surface area (Å²) in [6, 6.07) is 4.92. The number of hydrogen-bond acceptors (Lipinski definition) is 3. The highest BCUT2D eigenvalue weighted by Crippen LogP contribution is 2.21. The summed E-state index contributed by atoms with van der Waals surface area (Å²) in [6.07, 6.45) is 0. The molecule has 0 heterocycles. The summed E-state index contributed by atoms with van der Waals surface area (Å²) in [4.78, 5) is 11.7. The van der Waals surface area contributed by atoms with E-state index in [1.54, 1.807) is 18.2 Å². The van der Waals surface area contributed by atoms with E-state index in [1.165, 1.54) is 7.11 Å². The minimum Gasteiger partial charge on any atom is -0.495 e. The van der Waals surface area contributed by atoms with Gasteiger partial charge in [-0.2, -0.15) is 0 Å². The fourth-order valence-corrected chi connectivity index (χ4v) is 1.19. The third-order valence-electron chi connectivity index (χ3n) is 2.05. The van der Waals surface area contributed by atoms with Crippen LogP contribution in [-0.4, -0.2) is 19.6 Å². The largest absolute Gasteiger partial charge is 0.495 e. The van der Waals surface area contributed by atoms with Crippen molar-refractivity contribution in [1.29, 1.82) is 0 Å². The number of nitrogen functional groups attached to an aromatic ring is 1. The molecule has 0 radical (unpaired) electrons. The number of amides is 1. The van der Waals surface area contributed by atoms with Crippen LogP contribution in [0.3, 0.4) is 0 Å². The second-order valence-corrected chi connectivity index (χ2v) is 3.60. The molecule has 86 valence electrons. The minimum atomic E-state index is -0.165. The number of nitrogens with one attached hydrogen (secondary N) is 1. The van der Waals surface area contributed by atoms with Crippen molar-refractivity contribution in [2.45, 2.75) is 6.92 Å². The van der Waals surface area contributed by atoms with Gasteiger partial charge in [-0.15, -0.1) is 0 Å². The van der Waals surface area contributed by atoms with Crippen molar-refractivity contribution in [3.8, 4) is 5.75 Å². The zero-order valence-corrected chi connectivity index (χ0v) is 9.54. The maximum atomic E-state index is 11.7. The van der Waals surface area contributed by atoms with E-state index in [0.717, 1.165) is 5.57 Å². The first-order valence-corrected chi connectivity index (χ1v) is 4.90. The normalized spacial score (nSPS) is 9.62. The highest BCUT2D eigenvalue weighted by atomic mass is 16.5. The Morgan fingerprint density at radius 3 is 2.81 bits per heavy atom. The Morgan fingerprint density at radius 2 is 2.25 bits per heavy atom. The number of nitrogens with two attached hydrogens (primary N) is 1. The lowest BCUT2D eigenvalue weighted by Gasteiger charge is -2.08. The molecule has 0 fully saturated rings. The molecule has 0 aromatic heterocycles. The first-order chi connectivity index (χ1) is 7.54. The van der Waals surface area contributed by atoms with Crippen molar-refractivity contribution in [3.63, 3.8) is 0 Å². The quantitative estimate of drug-likeness (QED) is 0.598. The van der Waals surface area contributed by atoms with E-state index in [2.05, 4.69) is 11.9 Å². The van der Waals surface area contributed by atoms with Gasteiger partial charge in [0.2, 0.25) is 0 Å². The van der Waals surface area contributed by atoms with E-state index in [9.17, 15) is 4.79 Å². The molecule has 0 saturated heterocycles. The Bertz CT molecular complexity index is 413. The summed E-state index contributed by atoms with van der Waals surface area (Å²) in [5.74, 6) is 0.337. The summed E-state index contributed by atoms with van der Waals surface area (Å²) in [5.41, 5.74) is 7.58. The summed E-state index contributed by atoms with van der Waals surface area (Å²) < 4.78 is 5.04. The number of benzene rings is 1. The standard InChI is InChI=1S/C12H16N2O2/c1-8(2)7-14-12(15)9-4-5-10(13)11(6-9)16-3/h4-6H,1,7,13H2,2-3H3,(H,14,15). The maximum absolute atomic E-state index is 11.7. The Morgan fingerprint density at radius 1 is 1.56 bits per heavy atom. The molecule has 0 saturated carbocycles. The lowest BCUT2D eigenvalue weighted by atomic mass is 10.1. The number of ether oxygens (including phenoxy) is 1. The molecule has 0 unspecified atom stereocenters. The Labute approximate surface area is 95.1 Å². The molecule has 0 aliphatic rings. The lowest BCUT2D eigenvalue weighted by molar-refractivity contribution is 0.0956. The van der Waals surface area contributed by atoms with Gasteiger partial charge in [-0.3, -0.25) is 4.79 Å². The number of anilines is 1. The van der Waals surface area contributed by atoms with Crippen molar-refractivity contribution >= 4 is 11.6 Å². The van der Waals surface area contributed by atoms with Crippen LogP contribution < -0.4 is 15.8 Å². The average molecular weight is 220 g/mol. The van der Waals surface area contributed by atoms with Crippen LogP contribution in [0.4, 0.5) is 5.69 Å². The van der Waals surface area contributed by atoms with E-state index in [4.69, 9.17) is 10.5 Å². The zero-order chi connectivity index (χ0) is 12.1. The zero-order valence-electron chi connectivity index (χ0n) is 9.54. The first-order valence-electron chi connectivity index (χ1n) is 4.90. The van der Waals surface area contributed by atoms with Crippen LogP contribution in [0.15, 0.2) is 30.4 Å². The molecule has 1 aromatic carbocycles. The fraction of sp³-hybridized carbons (Fsp3) is 0.250. The molecule has 16 heavy (non-hydrogen) atoms. The maximum Gasteiger partial charge on any atom is 0.251 e. The molecule has 0 aliphatic heterocycles. The molecule has 1 rings (SSSR count). The fourth-order valence-electron chi connectivity index (χ4n) is 1.19. The number of carbonyl (C=O) groups is 1. The number of carbonyl (C=O) groups excluding carboxylic acids is 1. The van der Waals surface area contributed by atoms with Gasteiger partial charge >= 0.3 is 0 Å². The van der Waals surface area contributed by atoms with Crippen molar-refractivity contribution in [1.82, 2.24) is 5.32 Å². The van der Waals surface area contributed by atoms with Crippen LogP contribution in [0.25, 0.3) is 0 Å². The highest BCUT2D eigenvalue weighted by Gasteiger charge is 2.07. The number of methoxy groups -OCH3 is 1. The summed E-state index contributed by atoms with van der Waals surface area (Å²) in [7, 11) is 1.52. The van der Waals surface area contributed by atoms with Crippen molar-refractivity contribution in [2.75, 3.05) is 19.4 Å². The number of rotatable bonds is 4. The molecule has 0 spiro atoms. The van der Waals surface area contributed by atoms with Gasteiger partial charge < -0.3 is 15.8 Å².